The van der Waals surface area contributed by atoms with Gasteiger partial charge in [0.2, 0.25) is 0 Å². The van der Waals surface area contributed by atoms with Crippen molar-refractivity contribution in [2.45, 2.75) is 31.8 Å². The molecule has 1 heterocycles. The van der Waals surface area contributed by atoms with Crippen LogP contribution in [0.1, 0.15) is 25.7 Å². The molecule has 1 aliphatic heterocycles. The summed E-state index contributed by atoms with van der Waals surface area (Å²) in [5.74, 6) is -0.441. The van der Waals surface area contributed by atoms with Crippen LogP contribution in [0, 0.1) is 5.92 Å². The average Bonchev–Trinajstić information content (AvgIpc) is 2.49. The van der Waals surface area contributed by atoms with E-state index in [-0.39, 0.29) is 12.0 Å². The molecule has 0 aromatic rings. The number of ether oxygens (including phenoxy) is 1. The van der Waals surface area contributed by atoms with Gasteiger partial charge in [0.25, 0.3) is 0 Å². The van der Waals surface area contributed by atoms with Crippen molar-refractivity contribution in [2.75, 3.05) is 6.26 Å². The first-order valence-corrected chi connectivity index (χ1v) is 7.08. The topological polar surface area (TPSA) is 69.7 Å². The van der Waals surface area contributed by atoms with Crippen LogP contribution in [0.3, 0.4) is 0 Å². The van der Waals surface area contributed by atoms with E-state index < -0.39 is 16.1 Å². The van der Waals surface area contributed by atoms with E-state index in [4.69, 9.17) is 4.74 Å². The molecule has 6 heteroatoms. The van der Waals surface area contributed by atoms with Crippen molar-refractivity contribution in [3.05, 3.63) is 11.8 Å². The van der Waals surface area contributed by atoms with Crippen molar-refractivity contribution in [1.82, 2.24) is 0 Å². The van der Waals surface area contributed by atoms with E-state index in [9.17, 15) is 13.2 Å². The molecule has 0 amide bonds. The Hall–Kier alpha value is -1.04. The molecule has 2 aliphatic rings. The quantitative estimate of drug-likeness (QED) is 0.314. The van der Waals surface area contributed by atoms with Gasteiger partial charge in [-0.3, -0.25) is 0 Å². The van der Waals surface area contributed by atoms with Crippen LogP contribution in [-0.2, 0) is 23.8 Å². The van der Waals surface area contributed by atoms with Crippen molar-refractivity contribution in [3.63, 3.8) is 0 Å². The summed E-state index contributed by atoms with van der Waals surface area (Å²) in [6.45, 7) is 0. The minimum absolute atomic E-state index is 0.00278. The van der Waals surface area contributed by atoms with Gasteiger partial charge in [-0.15, -0.1) is 0 Å². The van der Waals surface area contributed by atoms with Crippen LogP contribution in [0.2, 0.25) is 0 Å². The molecule has 2 fully saturated rings. The van der Waals surface area contributed by atoms with E-state index in [1.165, 1.54) is 0 Å². The van der Waals surface area contributed by atoms with Crippen molar-refractivity contribution < 1.29 is 22.1 Å². The Morgan fingerprint density at radius 3 is 2.75 bits per heavy atom. The maximum absolute atomic E-state index is 11.5. The van der Waals surface area contributed by atoms with Crippen LogP contribution < -0.4 is 0 Å². The van der Waals surface area contributed by atoms with Crippen LogP contribution >= 0.6 is 0 Å². The van der Waals surface area contributed by atoms with Crippen LogP contribution in [0.25, 0.3) is 0 Å². The molecular formula is C10H14O5S. The van der Waals surface area contributed by atoms with Gasteiger partial charge in [-0.25, -0.2) is 4.79 Å². The average molecular weight is 246 g/mol. The molecule has 5 nitrogen and oxygen atoms in total. The van der Waals surface area contributed by atoms with E-state index in [0.717, 1.165) is 38.2 Å². The van der Waals surface area contributed by atoms with Crippen molar-refractivity contribution in [1.29, 1.82) is 0 Å². The molecule has 16 heavy (non-hydrogen) atoms. The first kappa shape index (κ1) is 11.4. The lowest BCUT2D eigenvalue weighted by atomic mass is 9.84. The van der Waals surface area contributed by atoms with Gasteiger partial charge in [-0.05, 0) is 19.3 Å². The molecular weight excluding hydrogens is 232 g/mol. The van der Waals surface area contributed by atoms with Gasteiger partial charge in [-0.1, -0.05) is 6.42 Å². The molecule has 2 unspecified atom stereocenters. The third-order valence-corrected chi connectivity index (χ3v) is 3.39. The lowest BCUT2D eigenvalue weighted by Gasteiger charge is -2.22. The summed E-state index contributed by atoms with van der Waals surface area (Å²) in [5, 5.41) is 0. The van der Waals surface area contributed by atoms with E-state index in [1.54, 1.807) is 0 Å². The van der Waals surface area contributed by atoms with E-state index >= 15 is 0 Å². The van der Waals surface area contributed by atoms with E-state index in [2.05, 4.69) is 4.18 Å². The fraction of sp³-hybridized carbons (Fsp3) is 0.700. The SMILES string of the molecule is CS(=O)(=O)O/C=C1/C(=O)OC2CCCCC12. The third kappa shape index (κ3) is 2.37. The molecule has 1 saturated heterocycles. The summed E-state index contributed by atoms with van der Waals surface area (Å²) in [4.78, 5) is 11.5. The molecule has 2 atom stereocenters. The highest BCUT2D eigenvalue weighted by atomic mass is 32.2. The van der Waals surface area contributed by atoms with Crippen LogP contribution in [0.5, 0.6) is 0 Å². The van der Waals surface area contributed by atoms with Gasteiger partial charge in [0.05, 0.1) is 11.8 Å². The van der Waals surface area contributed by atoms with Crippen LogP contribution in [0.15, 0.2) is 11.8 Å². The van der Waals surface area contributed by atoms with Crippen molar-refractivity contribution >= 4 is 16.1 Å². The van der Waals surface area contributed by atoms with Gasteiger partial charge < -0.3 is 8.92 Å². The Morgan fingerprint density at radius 2 is 2.06 bits per heavy atom. The number of hydrogen-bond donors (Lipinski definition) is 0. The number of hydrogen-bond acceptors (Lipinski definition) is 5. The summed E-state index contributed by atoms with van der Waals surface area (Å²) >= 11 is 0. The van der Waals surface area contributed by atoms with Gasteiger partial charge >= 0.3 is 16.1 Å². The van der Waals surface area contributed by atoms with Gasteiger partial charge in [-0.2, -0.15) is 8.42 Å². The maximum Gasteiger partial charge on any atom is 0.337 e. The Morgan fingerprint density at radius 1 is 1.38 bits per heavy atom. The zero-order chi connectivity index (χ0) is 11.8. The fourth-order valence-corrected chi connectivity index (χ4v) is 2.50. The molecule has 0 radical (unpaired) electrons. The highest BCUT2D eigenvalue weighted by molar-refractivity contribution is 7.86. The number of fused-ring (bicyclic) bond motifs is 1. The second kappa shape index (κ2) is 4.08. The molecule has 0 aromatic carbocycles. The predicted octanol–water partition coefficient (Wildman–Crippen LogP) is 0.962. The standard InChI is InChI=1S/C10H14O5S/c1-16(12,13)14-6-8-7-4-2-3-5-9(7)15-10(8)11/h6-7,9H,2-5H2,1H3/b8-6+. The van der Waals surface area contributed by atoms with E-state index in [0.29, 0.717) is 5.57 Å². The largest absolute Gasteiger partial charge is 0.458 e. The summed E-state index contributed by atoms with van der Waals surface area (Å²) < 4.78 is 31.4. The Kier molecular flexibility index (Phi) is 2.92. The summed E-state index contributed by atoms with van der Waals surface area (Å²) in [7, 11) is -3.56. The molecule has 1 aliphatic carbocycles. The first-order valence-electron chi connectivity index (χ1n) is 5.27. The highest BCUT2D eigenvalue weighted by Gasteiger charge is 2.41. The first-order chi connectivity index (χ1) is 7.47. The highest BCUT2D eigenvalue weighted by Crippen LogP contribution is 2.38. The van der Waals surface area contributed by atoms with Crippen LogP contribution in [0.4, 0.5) is 0 Å². The molecule has 0 N–H and O–H groups in total. The minimum atomic E-state index is -3.56. The summed E-state index contributed by atoms with van der Waals surface area (Å²) in [6.07, 6.45) is 5.69. The van der Waals surface area contributed by atoms with E-state index in [1.807, 2.05) is 0 Å². The molecule has 2 rings (SSSR count). The fourth-order valence-electron chi connectivity index (χ4n) is 2.23. The van der Waals surface area contributed by atoms with Gasteiger partial charge in [0.1, 0.15) is 12.4 Å². The van der Waals surface area contributed by atoms with Crippen LogP contribution in [-0.4, -0.2) is 26.7 Å². The number of esters is 1. The molecule has 1 saturated carbocycles. The van der Waals surface area contributed by atoms with Gasteiger partial charge in [0, 0.05) is 5.92 Å². The zero-order valence-corrected chi connectivity index (χ0v) is 9.83. The van der Waals surface area contributed by atoms with Crippen molar-refractivity contribution in [3.8, 4) is 0 Å². The van der Waals surface area contributed by atoms with Crippen molar-refractivity contribution in [2.24, 2.45) is 5.92 Å². The predicted molar refractivity (Wildman–Crippen MR) is 55.8 cm³/mol. The molecule has 90 valence electrons. The second-order valence-electron chi connectivity index (χ2n) is 4.21. The zero-order valence-electron chi connectivity index (χ0n) is 9.01. The second-order valence-corrected chi connectivity index (χ2v) is 5.81. The Labute approximate surface area is 94.5 Å². The minimum Gasteiger partial charge on any atom is -0.458 e. The molecule has 0 bridgehead atoms. The molecule has 0 aromatic heterocycles. The molecule has 0 spiro atoms. The smallest absolute Gasteiger partial charge is 0.337 e. The Bertz CT molecular complexity index is 422. The van der Waals surface area contributed by atoms with Gasteiger partial charge in [0.15, 0.2) is 0 Å². The number of carbonyl (C=O) groups excluding carboxylic acids is 1. The lowest BCUT2D eigenvalue weighted by Crippen LogP contribution is -2.21. The summed E-state index contributed by atoms with van der Waals surface area (Å²) in [6, 6.07) is 0. The number of carbonyl (C=O) groups is 1. The number of rotatable bonds is 2. The monoisotopic (exact) mass is 246 g/mol. The Balaban J connectivity index is 2.16. The normalized spacial score (nSPS) is 32.3. The third-order valence-electron chi connectivity index (χ3n) is 2.95. The lowest BCUT2D eigenvalue weighted by molar-refractivity contribution is -0.139. The maximum atomic E-state index is 11.5. The summed E-state index contributed by atoms with van der Waals surface area (Å²) in [5.41, 5.74) is 0.357.